The average molecular weight is 385 g/mol. The number of carbonyl (C=O) groups is 2. The minimum atomic E-state index is -0.0821. The van der Waals surface area contributed by atoms with E-state index in [0.717, 1.165) is 31.6 Å². The molecule has 0 unspecified atom stereocenters. The van der Waals surface area contributed by atoms with E-state index in [4.69, 9.17) is 0 Å². The van der Waals surface area contributed by atoms with Crippen LogP contribution in [0, 0.1) is 34.0 Å². The Bertz CT molecular complexity index is 741. The lowest BCUT2D eigenvalue weighted by atomic mass is 9.48. The number of amides is 2. The third-order valence-electron chi connectivity index (χ3n) is 9.98. The molecule has 28 heavy (non-hydrogen) atoms. The predicted molar refractivity (Wildman–Crippen MR) is 109 cm³/mol. The molecule has 7 atom stereocenters. The number of carbonyl (C=O) groups excluding carboxylic acids is 2. The fourth-order valence-electron chi connectivity index (χ4n) is 7.72. The van der Waals surface area contributed by atoms with E-state index in [1.54, 1.807) is 0 Å². The molecule has 1 aliphatic heterocycles. The van der Waals surface area contributed by atoms with Gasteiger partial charge in [-0.1, -0.05) is 26.8 Å². The summed E-state index contributed by atoms with van der Waals surface area (Å²) in [6, 6.07) is 0.697. The van der Waals surface area contributed by atoms with Gasteiger partial charge in [0.05, 0.1) is 0 Å². The molecule has 5 rings (SSSR count). The molecule has 0 aromatic heterocycles. The minimum absolute atomic E-state index is 0.0821. The van der Waals surface area contributed by atoms with Crippen LogP contribution in [0.2, 0.25) is 0 Å². The Labute approximate surface area is 169 Å². The molecule has 4 heteroatoms. The smallest absolute Gasteiger partial charge is 0.246 e. The van der Waals surface area contributed by atoms with Gasteiger partial charge in [0.2, 0.25) is 11.8 Å². The summed E-state index contributed by atoms with van der Waals surface area (Å²) in [6.45, 7) is 6.98. The lowest BCUT2D eigenvalue weighted by Gasteiger charge is -2.60. The molecule has 154 valence electrons. The third kappa shape index (κ3) is 2.42. The van der Waals surface area contributed by atoms with Crippen LogP contribution >= 0.6 is 0 Å². The van der Waals surface area contributed by atoms with Gasteiger partial charge >= 0.3 is 0 Å². The Morgan fingerprint density at radius 2 is 1.79 bits per heavy atom. The number of nitrogens with zero attached hydrogens (tertiary/aromatic N) is 1. The molecule has 0 aromatic rings. The maximum atomic E-state index is 12.7. The Kier molecular flexibility index (Phi) is 3.91. The summed E-state index contributed by atoms with van der Waals surface area (Å²) in [6.07, 6.45) is 13.3. The van der Waals surface area contributed by atoms with Crippen LogP contribution in [-0.4, -0.2) is 35.8 Å². The van der Waals surface area contributed by atoms with Crippen molar-refractivity contribution in [2.24, 2.45) is 34.0 Å². The Balaban J connectivity index is 1.39. The zero-order valence-corrected chi connectivity index (χ0v) is 18.0. The second kappa shape index (κ2) is 5.86. The van der Waals surface area contributed by atoms with E-state index in [1.165, 1.54) is 25.7 Å². The van der Waals surface area contributed by atoms with Crippen LogP contribution in [-0.2, 0) is 9.59 Å². The number of rotatable bonds is 2. The van der Waals surface area contributed by atoms with Crippen LogP contribution in [0.4, 0.5) is 0 Å². The van der Waals surface area contributed by atoms with Crippen molar-refractivity contribution in [2.75, 3.05) is 7.05 Å². The van der Waals surface area contributed by atoms with Crippen LogP contribution in [0.5, 0.6) is 0 Å². The largest absolute Gasteiger partial charge is 0.352 e. The molecule has 1 heterocycles. The monoisotopic (exact) mass is 384 g/mol. The van der Waals surface area contributed by atoms with Crippen LogP contribution in [0.25, 0.3) is 0 Å². The highest BCUT2D eigenvalue weighted by Crippen LogP contribution is 2.64. The Morgan fingerprint density at radius 3 is 2.50 bits per heavy atom. The Hall–Kier alpha value is -1.32. The van der Waals surface area contributed by atoms with E-state index >= 15 is 0 Å². The van der Waals surface area contributed by atoms with Crippen LogP contribution < -0.4 is 5.32 Å². The molecule has 4 nitrogen and oxygen atoms in total. The molecule has 0 radical (unpaired) electrons. The van der Waals surface area contributed by atoms with Crippen molar-refractivity contribution in [3.63, 3.8) is 0 Å². The maximum absolute atomic E-state index is 12.7. The predicted octanol–water partition coefficient (Wildman–Crippen LogP) is 3.91. The van der Waals surface area contributed by atoms with Gasteiger partial charge in [-0.3, -0.25) is 9.59 Å². The SMILES string of the molecule is CN1C(=O)C=C[C@]2(C)[C@H]3CC[C@]4(C)[C@@H](NC(=O)C5(C)CC5)CC[C@H]4[C@@H]3CC[C@@H]12. The number of fused-ring (bicyclic) bond motifs is 5. The number of hydrogen-bond donors (Lipinski definition) is 1. The standard InChI is InChI=1S/C24H36N2O2/c1-22(13-14-22)21(28)25-18-7-6-16-15-5-8-19-24(3,12-10-20(27)26(19)4)17(15)9-11-23(16,18)2/h10,12,15-19H,5-9,11,13-14H2,1-4H3,(H,25,28)/t15-,16-,17-,18-,19+,23-,24+/m0/s1. The summed E-state index contributed by atoms with van der Waals surface area (Å²) in [5.74, 6) is 2.56. The molecule has 5 aliphatic rings. The first kappa shape index (κ1) is 18.7. The van der Waals surface area contributed by atoms with Gasteiger partial charge in [-0.2, -0.15) is 0 Å². The second-order valence-corrected chi connectivity index (χ2v) is 11.3. The molecule has 0 saturated heterocycles. The minimum Gasteiger partial charge on any atom is -0.352 e. The summed E-state index contributed by atoms with van der Waals surface area (Å²) in [7, 11) is 1.99. The summed E-state index contributed by atoms with van der Waals surface area (Å²) in [5.41, 5.74) is 0.266. The summed E-state index contributed by atoms with van der Waals surface area (Å²) < 4.78 is 0. The van der Waals surface area contributed by atoms with Gasteiger partial charge in [0.1, 0.15) is 0 Å². The molecular weight excluding hydrogens is 348 g/mol. The molecule has 0 bridgehead atoms. The van der Waals surface area contributed by atoms with Crippen molar-refractivity contribution in [3.8, 4) is 0 Å². The molecule has 4 fully saturated rings. The number of hydrogen-bond acceptors (Lipinski definition) is 2. The molecular formula is C24H36N2O2. The fraction of sp³-hybridized carbons (Fsp3) is 0.833. The van der Waals surface area contributed by atoms with E-state index in [9.17, 15) is 9.59 Å². The van der Waals surface area contributed by atoms with Gasteiger partial charge in [-0.15, -0.1) is 0 Å². The van der Waals surface area contributed by atoms with Crippen LogP contribution in [0.1, 0.15) is 72.1 Å². The van der Waals surface area contributed by atoms with Crippen LogP contribution in [0.15, 0.2) is 12.2 Å². The fourth-order valence-corrected chi connectivity index (χ4v) is 7.72. The van der Waals surface area contributed by atoms with Gasteiger partial charge in [-0.25, -0.2) is 0 Å². The first-order valence-electron chi connectivity index (χ1n) is 11.5. The summed E-state index contributed by atoms with van der Waals surface area (Å²) in [4.78, 5) is 26.9. The summed E-state index contributed by atoms with van der Waals surface area (Å²) in [5, 5.41) is 3.49. The lowest BCUT2D eigenvalue weighted by molar-refractivity contribution is -0.138. The van der Waals surface area contributed by atoms with E-state index in [1.807, 2.05) is 18.0 Å². The van der Waals surface area contributed by atoms with Gasteiger partial charge in [-0.05, 0) is 80.6 Å². The highest BCUT2D eigenvalue weighted by Gasteiger charge is 2.61. The van der Waals surface area contributed by atoms with E-state index < -0.39 is 0 Å². The molecule has 0 aromatic carbocycles. The normalized spacial score (nSPS) is 48.5. The van der Waals surface area contributed by atoms with Gasteiger partial charge in [0.15, 0.2) is 0 Å². The average Bonchev–Trinajstić information content (AvgIpc) is 3.33. The van der Waals surface area contributed by atoms with Crippen molar-refractivity contribution in [3.05, 3.63) is 12.2 Å². The molecule has 4 saturated carbocycles. The zero-order chi connectivity index (χ0) is 19.9. The first-order chi connectivity index (χ1) is 13.2. The van der Waals surface area contributed by atoms with Gasteiger partial charge in [0, 0.05) is 30.0 Å². The van der Waals surface area contributed by atoms with E-state index in [2.05, 4.69) is 32.2 Å². The van der Waals surface area contributed by atoms with Crippen molar-refractivity contribution >= 4 is 11.8 Å². The van der Waals surface area contributed by atoms with Gasteiger partial charge < -0.3 is 10.2 Å². The van der Waals surface area contributed by atoms with E-state index in [-0.39, 0.29) is 22.2 Å². The zero-order valence-electron chi connectivity index (χ0n) is 18.0. The molecule has 0 spiro atoms. The highest BCUT2D eigenvalue weighted by atomic mass is 16.2. The van der Waals surface area contributed by atoms with Crippen LogP contribution in [0.3, 0.4) is 0 Å². The lowest BCUT2D eigenvalue weighted by Crippen LogP contribution is -2.60. The molecule has 2 amide bonds. The van der Waals surface area contributed by atoms with Crippen molar-refractivity contribution in [1.82, 2.24) is 10.2 Å². The maximum Gasteiger partial charge on any atom is 0.246 e. The topological polar surface area (TPSA) is 49.4 Å². The second-order valence-electron chi connectivity index (χ2n) is 11.3. The van der Waals surface area contributed by atoms with Crippen molar-refractivity contribution in [2.45, 2.75) is 84.2 Å². The van der Waals surface area contributed by atoms with E-state index in [0.29, 0.717) is 29.8 Å². The first-order valence-corrected chi connectivity index (χ1v) is 11.5. The summed E-state index contributed by atoms with van der Waals surface area (Å²) >= 11 is 0. The highest BCUT2D eigenvalue weighted by molar-refractivity contribution is 5.89. The number of likely N-dealkylation sites (N-methyl/N-ethyl adjacent to an activating group) is 1. The number of nitrogens with one attached hydrogen (secondary N) is 1. The van der Waals surface area contributed by atoms with Crippen molar-refractivity contribution < 1.29 is 9.59 Å². The molecule has 4 aliphatic carbocycles. The third-order valence-corrected chi connectivity index (χ3v) is 9.98. The quantitative estimate of drug-likeness (QED) is 0.785. The Morgan fingerprint density at radius 1 is 1.04 bits per heavy atom. The van der Waals surface area contributed by atoms with Gasteiger partial charge in [0.25, 0.3) is 0 Å². The molecule has 1 N–H and O–H groups in total. The van der Waals surface area contributed by atoms with Crippen molar-refractivity contribution in [1.29, 1.82) is 0 Å².